The number of hydrogen-bond donors (Lipinski definition) is 1. The summed E-state index contributed by atoms with van der Waals surface area (Å²) in [5.41, 5.74) is 3.56. The molecule has 5 nitrogen and oxygen atoms in total. The summed E-state index contributed by atoms with van der Waals surface area (Å²) in [6, 6.07) is 23.4. The molecule has 160 valence electrons. The summed E-state index contributed by atoms with van der Waals surface area (Å²) in [4.78, 5) is 27.8. The Kier molecular flexibility index (Phi) is 6.25. The van der Waals surface area contributed by atoms with Gasteiger partial charge in [0.05, 0.1) is 11.6 Å². The van der Waals surface area contributed by atoms with Crippen molar-refractivity contribution in [2.24, 2.45) is 0 Å². The Bertz CT molecular complexity index is 1180. The summed E-state index contributed by atoms with van der Waals surface area (Å²) < 4.78 is 0. The van der Waals surface area contributed by atoms with Crippen molar-refractivity contribution in [1.82, 2.24) is 0 Å². The number of hydrogen-bond acceptors (Lipinski definition) is 3. The van der Waals surface area contributed by atoms with E-state index in [9.17, 15) is 9.59 Å². The standard InChI is InChI=1S/C26H22ClN3O2/c1-17-14-20(15-25(31)29-22-12-10-21(27)11-13-22)23-4-2-3-5-24(23)30(17)26(32)19-8-6-18(16-28)7-9-19/h2-13,17,20H,14-15H2,1H3,(H,29,31)/t17-,20+/m0/s1. The normalized spacial score (nSPS) is 17.2. The van der Waals surface area contributed by atoms with Crippen LogP contribution in [-0.2, 0) is 4.79 Å². The quantitative estimate of drug-likeness (QED) is 0.556. The second-order valence-corrected chi connectivity index (χ2v) is 8.40. The zero-order chi connectivity index (χ0) is 22.7. The number of carbonyl (C=O) groups is 2. The number of halogens is 1. The monoisotopic (exact) mass is 443 g/mol. The van der Waals surface area contributed by atoms with E-state index in [-0.39, 0.29) is 23.8 Å². The minimum Gasteiger partial charge on any atom is -0.326 e. The van der Waals surface area contributed by atoms with Crippen LogP contribution >= 0.6 is 11.6 Å². The van der Waals surface area contributed by atoms with Crippen LogP contribution in [0.5, 0.6) is 0 Å². The van der Waals surface area contributed by atoms with Crippen molar-refractivity contribution in [2.75, 3.05) is 10.2 Å². The molecule has 0 saturated carbocycles. The molecular weight excluding hydrogens is 422 g/mol. The van der Waals surface area contributed by atoms with E-state index in [0.717, 1.165) is 11.3 Å². The first-order valence-electron chi connectivity index (χ1n) is 10.4. The Morgan fingerprint density at radius 3 is 2.44 bits per heavy atom. The van der Waals surface area contributed by atoms with Crippen molar-refractivity contribution >= 4 is 34.8 Å². The van der Waals surface area contributed by atoms with Crippen LogP contribution in [0, 0.1) is 11.3 Å². The Labute approximate surface area is 192 Å². The molecule has 4 rings (SSSR count). The molecule has 0 fully saturated rings. The van der Waals surface area contributed by atoms with Crippen molar-refractivity contribution < 1.29 is 9.59 Å². The molecule has 32 heavy (non-hydrogen) atoms. The van der Waals surface area contributed by atoms with Gasteiger partial charge in [0.15, 0.2) is 0 Å². The first kappa shape index (κ1) is 21.6. The van der Waals surface area contributed by atoms with Gasteiger partial charge in [-0.1, -0.05) is 29.8 Å². The van der Waals surface area contributed by atoms with Gasteiger partial charge < -0.3 is 10.2 Å². The minimum absolute atomic E-state index is 0.00137. The van der Waals surface area contributed by atoms with Crippen LogP contribution < -0.4 is 10.2 Å². The molecule has 0 radical (unpaired) electrons. The Morgan fingerprint density at radius 1 is 1.06 bits per heavy atom. The molecule has 3 aromatic rings. The number of para-hydroxylation sites is 1. The maximum Gasteiger partial charge on any atom is 0.258 e. The van der Waals surface area contributed by atoms with E-state index in [1.807, 2.05) is 31.2 Å². The number of anilines is 2. The summed E-state index contributed by atoms with van der Waals surface area (Å²) in [6.45, 7) is 2.00. The highest BCUT2D eigenvalue weighted by atomic mass is 35.5. The van der Waals surface area contributed by atoms with Crippen molar-refractivity contribution in [1.29, 1.82) is 5.26 Å². The Balaban J connectivity index is 1.56. The van der Waals surface area contributed by atoms with Gasteiger partial charge in [-0.25, -0.2) is 0 Å². The van der Waals surface area contributed by atoms with Gasteiger partial charge in [0.2, 0.25) is 5.91 Å². The molecule has 0 unspecified atom stereocenters. The van der Waals surface area contributed by atoms with Crippen LogP contribution in [0.1, 0.15) is 47.2 Å². The SMILES string of the molecule is C[C@H]1C[C@H](CC(=O)Nc2ccc(Cl)cc2)c2ccccc2N1C(=O)c1ccc(C#N)cc1. The van der Waals surface area contributed by atoms with E-state index in [4.69, 9.17) is 16.9 Å². The Morgan fingerprint density at radius 2 is 1.75 bits per heavy atom. The number of carbonyl (C=O) groups excluding carboxylic acids is 2. The van der Waals surface area contributed by atoms with Crippen LogP contribution in [0.2, 0.25) is 5.02 Å². The number of nitriles is 1. The first-order valence-corrected chi connectivity index (χ1v) is 10.8. The summed E-state index contributed by atoms with van der Waals surface area (Å²) in [7, 11) is 0. The van der Waals surface area contributed by atoms with E-state index < -0.39 is 0 Å². The van der Waals surface area contributed by atoms with Crippen molar-refractivity contribution in [3.8, 4) is 6.07 Å². The molecule has 1 N–H and O–H groups in total. The van der Waals surface area contributed by atoms with Gasteiger partial charge in [-0.15, -0.1) is 0 Å². The van der Waals surface area contributed by atoms with E-state index >= 15 is 0 Å². The van der Waals surface area contributed by atoms with E-state index in [1.54, 1.807) is 53.4 Å². The third-order valence-electron chi connectivity index (χ3n) is 5.74. The predicted molar refractivity (Wildman–Crippen MR) is 126 cm³/mol. The van der Waals surface area contributed by atoms with Crippen LogP contribution in [-0.4, -0.2) is 17.9 Å². The molecule has 1 heterocycles. The highest BCUT2D eigenvalue weighted by molar-refractivity contribution is 6.30. The van der Waals surface area contributed by atoms with Crippen LogP contribution in [0.3, 0.4) is 0 Å². The van der Waals surface area contributed by atoms with Crippen molar-refractivity contribution in [3.63, 3.8) is 0 Å². The molecular formula is C26H22ClN3O2. The third-order valence-corrected chi connectivity index (χ3v) is 5.99. The van der Waals surface area contributed by atoms with E-state index in [0.29, 0.717) is 34.7 Å². The molecule has 1 aliphatic heterocycles. The van der Waals surface area contributed by atoms with Gasteiger partial charge in [-0.2, -0.15) is 5.26 Å². The van der Waals surface area contributed by atoms with Gasteiger partial charge in [0.1, 0.15) is 0 Å². The molecule has 1 aliphatic rings. The first-order chi connectivity index (χ1) is 15.5. The van der Waals surface area contributed by atoms with Gasteiger partial charge in [0.25, 0.3) is 5.91 Å². The number of nitrogens with one attached hydrogen (secondary N) is 1. The molecule has 0 aliphatic carbocycles. The zero-order valence-corrected chi connectivity index (χ0v) is 18.3. The van der Waals surface area contributed by atoms with Crippen molar-refractivity contribution in [2.45, 2.75) is 31.7 Å². The summed E-state index contributed by atoms with van der Waals surface area (Å²) in [5, 5.41) is 12.6. The topological polar surface area (TPSA) is 73.2 Å². The molecule has 2 atom stereocenters. The van der Waals surface area contributed by atoms with E-state index in [2.05, 4.69) is 11.4 Å². The molecule has 0 saturated heterocycles. The molecule has 3 aromatic carbocycles. The fraction of sp³-hybridized carbons (Fsp3) is 0.192. The van der Waals surface area contributed by atoms with Crippen LogP contribution in [0.15, 0.2) is 72.8 Å². The van der Waals surface area contributed by atoms with Crippen LogP contribution in [0.25, 0.3) is 0 Å². The number of amides is 2. The molecule has 0 bridgehead atoms. The summed E-state index contributed by atoms with van der Waals surface area (Å²) >= 11 is 5.92. The highest BCUT2D eigenvalue weighted by Gasteiger charge is 2.34. The highest BCUT2D eigenvalue weighted by Crippen LogP contribution is 2.41. The van der Waals surface area contributed by atoms with Gasteiger partial charge in [0, 0.05) is 34.4 Å². The number of fused-ring (bicyclic) bond motifs is 1. The lowest BCUT2D eigenvalue weighted by Crippen LogP contribution is -2.43. The van der Waals surface area contributed by atoms with Gasteiger partial charge in [-0.05, 0) is 79.4 Å². The average molecular weight is 444 g/mol. The zero-order valence-electron chi connectivity index (χ0n) is 17.6. The lowest BCUT2D eigenvalue weighted by atomic mass is 9.83. The summed E-state index contributed by atoms with van der Waals surface area (Å²) in [5.74, 6) is -0.191. The lowest BCUT2D eigenvalue weighted by molar-refractivity contribution is -0.116. The Hall–Kier alpha value is -3.62. The van der Waals surface area contributed by atoms with E-state index in [1.165, 1.54) is 0 Å². The molecule has 6 heteroatoms. The number of benzene rings is 3. The number of rotatable bonds is 4. The fourth-order valence-electron chi connectivity index (χ4n) is 4.23. The number of nitrogens with zero attached hydrogens (tertiary/aromatic N) is 2. The lowest BCUT2D eigenvalue weighted by Gasteiger charge is -2.39. The average Bonchev–Trinajstić information content (AvgIpc) is 2.80. The maximum atomic E-state index is 13.3. The maximum absolute atomic E-state index is 13.3. The molecule has 0 spiro atoms. The predicted octanol–water partition coefficient (Wildman–Crippen LogP) is 5.76. The molecule has 0 aromatic heterocycles. The van der Waals surface area contributed by atoms with Crippen LogP contribution in [0.4, 0.5) is 11.4 Å². The second-order valence-electron chi connectivity index (χ2n) is 7.96. The largest absolute Gasteiger partial charge is 0.326 e. The molecule has 2 amide bonds. The smallest absolute Gasteiger partial charge is 0.258 e. The van der Waals surface area contributed by atoms with Gasteiger partial charge >= 0.3 is 0 Å². The summed E-state index contributed by atoms with van der Waals surface area (Å²) in [6.07, 6.45) is 0.996. The fourth-order valence-corrected chi connectivity index (χ4v) is 4.36. The minimum atomic E-state index is -0.112. The second kappa shape index (κ2) is 9.25. The van der Waals surface area contributed by atoms with Crippen molar-refractivity contribution in [3.05, 3.63) is 94.5 Å². The third kappa shape index (κ3) is 4.51. The van der Waals surface area contributed by atoms with Gasteiger partial charge in [-0.3, -0.25) is 9.59 Å².